The highest BCUT2D eigenvalue weighted by molar-refractivity contribution is 7.80. The van der Waals surface area contributed by atoms with Gasteiger partial charge in [0.05, 0.1) is 6.61 Å². The average molecular weight is 266 g/mol. The maximum atomic E-state index is 5.72. The Morgan fingerprint density at radius 1 is 1.33 bits per heavy atom. The average Bonchev–Trinajstić information content (AvgIpc) is 2.38. The van der Waals surface area contributed by atoms with Gasteiger partial charge in [-0.3, -0.25) is 0 Å². The van der Waals surface area contributed by atoms with E-state index in [9.17, 15) is 0 Å². The van der Waals surface area contributed by atoms with Crippen molar-refractivity contribution in [1.82, 2.24) is 0 Å². The van der Waals surface area contributed by atoms with Crippen molar-refractivity contribution in [3.63, 3.8) is 0 Å². The number of benzene rings is 1. The molecule has 0 saturated carbocycles. The second-order valence-electron chi connectivity index (χ2n) is 4.27. The van der Waals surface area contributed by atoms with Crippen LogP contribution in [0.4, 0.5) is 5.69 Å². The summed E-state index contributed by atoms with van der Waals surface area (Å²) in [7, 11) is 2.03. The summed E-state index contributed by atoms with van der Waals surface area (Å²) in [5.74, 6) is 0. The van der Waals surface area contributed by atoms with Crippen molar-refractivity contribution in [3.05, 3.63) is 29.8 Å². The summed E-state index contributed by atoms with van der Waals surface area (Å²) in [6, 6.07) is 7.92. The Morgan fingerprint density at radius 3 is 2.72 bits per heavy atom. The van der Waals surface area contributed by atoms with Crippen molar-refractivity contribution in [2.45, 2.75) is 19.8 Å². The van der Waals surface area contributed by atoms with Crippen molar-refractivity contribution in [2.24, 2.45) is 5.73 Å². The van der Waals surface area contributed by atoms with Crippen LogP contribution < -0.4 is 10.6 Å². The summed E-state index contributed by atoms with van der Waals surface area (Å²) < 4.78 is 5.56. The predicted molar refractivity (Wildman–Crippen MR) is 81.3 cm³/mol. The maximum absolute atomic E-state index is 5.72. The molecule has 100 valence electrons. The van der Waals surface area contributed by atoms with Gasteiger partial charge in [0.15, 0.2) is 0 Å². The molecule has 2 N–H and O–H groups in total. The minimum atomic E-state index is 0.435. The van der Waals surface area contributed by atoms with Crippen LogP contribution in [0.15, 0.2) is 24.3 Å². The molecule has 1 rings (SSSR count). The Morgan fingerprint density at radius 2 is 2.06 bits per heavy atom. The van der Waals surface area contributed by atoms with Crippen molar-refractivity contribution in [2.75, 3.05) is 31.7 Å². The van der Waals surface area contributed by atoms with E-state index in [1.165, 1.54) is 6.42 Å². The first-order chi connectivity index (χ1) is 8.66. The highest BCUT2D eigenvalue weighted by atomic mass is 32.1. The standard InChI is InChI=1S/C14H22N2OS/c1-3-4-10-17-11-9-16(2)13-8-6-5-7-12(13)14(15)18/h5-8H,3-4,9-11H2,1-2H3,(H2,15,18). The summed E-state index contributed by atoms with van der Waals surface area (Å²) >= 11 is 5.06. The fourth-order valence-electron chi connectivity index (χ4n) is 1.69. The summed E-state index contributed by atoms with van der Waals surface area (Å²) in [6.45, 7) is 4.56. The number of ether oxygens (including phenoxy) is 1. The lowest BCUT2D eigenvalue weighted by molar-refractivity contribution is 0.138. The van der Waals surface area contributed by atoms with E-state index in [1.807, 2.05) is 31.3 Å². The third kappa shape index (κ3) is 4.63. The molecule has 0 fully saturated rings. The van der Waals surface area contributed by atoms with E-state index in [4.69, 9.17) is 22.7 Å². The molecule has 0 bridgehead atoms. The zero-order chi connectivity index (χ0) is 13.4. The van der Waals surface area contributed by atoms with Crippen LogP contribution >= 0.6 is 12.2 Å². The molecule has 0 aliphatic rings. The Balaban J connectivity index is 2.51. The number of hydrogen-bond acceptors (Lipinski definition) is 3. The summed E-state index contributed by atoms with van der Waals surface area (Å²) in [5.41, 5.74) is 7.70. The molecule has 0 heterocycles. The van der Waals surface area contributed by atoms with Crippen LogP contribution in [0.5, 0.6) is 0 Å². The van der Waals surface area contributed by atoms with Gasteiger partial charge in [0, 0.05) is 31.5 Å². The molecule has 3 nitrogen and oxygen atoms in total. The predicted octanol–water partition coefficient (Wildman–Crippen LogP) is 2.57. The molecule has 0 unspecified atom stereocenters. The van der Waals surface area contributed by atoms with Crippen LogP contribution in [-0.2, 0) is 4.74 Å². The number of likely N-dealkylation sites (N-methyl/N-ethyl adjacent to an activating group) is 1. The number of nitrogens with zero attached hydrogens (tertiary/aromatic N) is 1. The Hall–Kier alpha value is -1.13. The van der Waals surface area contributed by atoms with E-state index in [0.29, 0.717) is 4.99 Å². The number of rotatable bonds is 8. The molecule has 0 aromatic heterocycles. The molecule has 0 amide bonds. The molecule has 1 aromatic rings. The van der Waals surface area contributed by atoms with Gasteiger partial charge >= 0.3 is 0 Å². The normalized spacial score (nSPS) is 10.3. The number of thiocarbonyl (C=S) groups is 1. The van der Waals surface area contributed by atoms with Gasteiger partial charge in [0.2, 0.25) is 0 Å². The van der Waals surface area contributed by atoms with Crippen molar-refractivity contribution in [1.29, 1.82) is 0 Å². The fourth-order valence-corrected chi connectivity index (χ4v) is 1.86. The molecule has 1 aromatic carbocycles. The van der Waals surface area contributed by atoms with Gasteiger partial charge in [0.25, 0.3) is 0 Å². The molecule has 4 heteroatoms. The third-order valence-electron chi connectivity index (χ3n) is 2.79. The summed E-state index contributed by atoms with van der Waals surface area (Å²) in [6.07, 6.45) is 2.29. The summed E-state index contributed by atoms with van der Waals surface area (Å²) in [5, 5.41) is 0. The smallest absolute Gasteiger partial charge is 0.106 e. The van der Waals surface area contributed by atoms with Crippen molar-refractivity contribution < 1.29 is 4.74 Å². The first-order valence-electron chi connectivity index (χ1n) is 6.34. The first-order valence-corrected chi connectivity index (χ1v) is 6.75. The van der Waals surface area contributed by atoms with Crippen LogP contribution in [0.3, 0.4) is 0 Å². The molecule has 0 aliphatic carbocycles. The highest BCUT2D eigenvalue weighted by Crippen LogP contribution is 2.18. The SMILES string of the molecule is CCCCOCCN(C)c1ccccc1C(N)=S. The minimum absolute atomic E-state index is 0.435. The van der Waals surface area contributed by atoms with Gasteiger partial charge in [-0.2, -0.15) is 0 Å². The van der Waals surface area contributed by atoms with Crippen LogP contribution in [0.1, 0.15) is 25.3 Å². The second-order valence-corrected chi connectivity index (χ2v) is 4.71. The van der Waals surface area contributed by atoms with Crippen molar-refractivity contribution in [3.8, 4) is 0 Å². The largest absolute Gasteiger partial charge is 0.389 e. The molecule has 0 radical (unpaired) electrons. The minimum Gasteiger partial charge on any atom is -0.389 e. The topological polar surface area (TPSA) is 38.5 Å². The fraction of sp³-hybridized carbons (Fsp3) is 0.500. The van der Waals surface area contributed by atoms with Gasteiger partial charge in [-0.1, -0.05) is 37.7 Å². The third-order valence-corrected chi connectivity index (χ3v) is 3.01. The second kappa shape index (κ2) is 8.06. The lowest BCUT2D eigenvalue weighted by Crippen LogP contribution is -2.25. The Bertz CT molecular complexity index is 382. The quantitative estimate of drug-likeness (QED) is 0.580. The van der Waals surface area contributed by atoms with Gasteiger partial charge < -0.3 is 15.4 Å². The van der Waals surface area contributed by atoms with Crippen molar-refractivity contribution >= 4 is 22.9 Å². The van der Waals surface area contributed by atoms with Crippen LogP contribution in [-0.4, -0.2) is 31.8 Å². The van der Waals surface area contributed by atoms with E-state index in [0.717, 1.165) is 37.4 Å². The maximum Gasteiger partial charge on any atom is 0.106 e. The molecular weight excluding hydrogens is 244 g/mol. The van der Waals surface area contributed by atoms with Gasteiger partial charge in [-0.15, -0.1) is 0 Å². The molecule has 0 aliphatic heterocycles. The van der Waals surface area contributed by atoms with Gasteiger partial charge in [-0.05, 0) is 18.6 Å². The molecule has 0 saturated heterocycles. The molecule has 18 heavy (non-hydrogen) atoms. The van der Waals surface area contributed by atoms with Crippen LogP contribution in [0, 0.1) is 0 Å². The van der Waals surface area contributed by atoms with Gasteiger partial charge in [0.1, 0.15) is 4.99 Å². The van der Waals surface area contributed by atoms with E-state index >= 15 is 0 Å². The summed E-state index contributed by atoms with van der Waals surface area (Å²) in [4.78, 5) is 2.56. The Labute approximate surface area is 115 Å². The van der Waals surface area contributed by atoms with Crippen LogP contribution in [0.2, 0.25) is 0 Å². The lowest BCUT2D eigenvalue weighted by atomic mass is 10.1. The van der Waals surface area contributed by atoms with E-state index < -0.39 is 0 Å². The van der Waals surface area contributed by atoms with E-state index in [-0.39, 0.29) is 0 Å². The number of para-hydroxylation sites is 1. The van der Waals surface area contributed by atoms with Crippen LogP contribution in [0.25, 0.3) is 0 Å². The molecular formula is C14H22N2OS. The molecule has 0 atom stereocenters. The number of hydrogen-bond donors (Lipinski definition) is 1. The lowest BCUT2D eigenvalue weighted by Gasteiger charge is -2.22. The number of anilines is 1. The van der Waals surface area contributed by atoms with E-state index in [1.54, 1.807) is 0 Å². The number of unbranched alkanes of at least 4 members (excludes halogenated alkanes) is 1. The number of nitrogens with two attached hydrogens (primary N) is 1. The zero-order valence-corrected chi connectivity index (χ0v) is 12.0. The van der Waals surface area contributed by atoms with Gasteiger partial charge in [-0.25, -0.2) is 0 Å². The first kappa shape index (κ1) is 14.9. The zero-order valence-electron chi connectivity index (χ0n) is 11.2. The monoisotopic (exact) mass is 266 g/mol. The highest BCUT2D eigenvalue weighted by Gasteiger charge is 2.08. The Kier molecular flexibility index (Phi) is 6.68. The molecule has 0 spiro atoms. The van der Waals surface area contributed by atoms with E-state index in [2.05, 4.69) is 11.8 Å².